The van der Waals surface area contributed by atoms with Gasteiger partial charge in [0.1, 0.15) is 0 Å². The molecule has 20 heavy (non-hydrogen) atoms. The van der Waals surface area contributed by atoms with Gasteiger partial charge >= 0.3 is 18.2 Å². The van der Waals surface area contributed by atoms with Crippen molar-refractivity contribution in [2.45, 2.75) is 57.3 Å². The Morgan fingerprint density at radius 3 is 2.60 bits per heavy atom. The minimum atomic E-state index is -4.34. The Hall–Kier alpha value is -1.47. The van der Waals surface area contributed by atoms with E-state index >= 15 is 0 Å². The van der Waals surface area contributed by atoms with Crippen molar-refractivity contribution in [3.8, 4) is 0 Å². The lowest BCUT2D eigenvalue weighted by Gasteiger charge is -2.35. The molecule has 0 spiro atoms. The lowest BCUT2D eigenvalue weighted by Crippen LogP contribution is -2.51. The van der Waals surface area contributed by atoms with E-state index in [-0.39, 0.29) is 6.42 Å². The minimum absolute atomic E-state index is 0.179. The van der Waals surface area contributed by atoms with Gasteiger partial charge in [-0.2, -0.15) is 13.2 Å². The molecule has 0 aromatic carbocycles. The molecule has 8 heteroatoms. The zero-order chi connectivity index (χ0) is 15.3. The van der Waals surface area contributed by atoms with E-state index in [1.54, 1.807) is 0 Å². The van der Waals surface area contributed by atoms with E-state index in [1.165, 1.54) is 11.8 Å². The number of piperidine rings is 1. The molecule has 1 aliphatic rings. The number of hydrogen-bond acceptors (Lipinski definition) is 2. The van der Waals surface area contributed by atoms with Crippen LogP contribution in [0.15, 0.2) is 0 Å². The van der Waals surface area contributed by atoms with E-state index in [1.807, 2.05) is 0 Å². The van der Waals surface area contributed by atoms with Crippen LogP contribution in [0.1, 0.15) is 39.0 Å². The SMILES string of the molecule is CC(CC(F)(F)F)NC(=O)N1CCCCC1CC(=O)O. The second kappa shape index (κ2) is 6.81. The van der Waals surface area contributed by atoms with E-state index in [0.29, 0.717) is 13.0 Å². The Morgan fingerprint density at radius 2 is 2.05 bits per heavy atom. The summed E-state index contributed by atoms with van der Waals surface area (Å²) in [6.07, 6.45) is -3.50. The normalized spacial score (nSPS) is 21.4. The average Bonchev–Trinajstić information content (AvgIpc) is 2.25. The molecule has 0 saturated carbocycles. The highest BCUT2D eigenvalue weighted by Crippen LogP contribution is 2.23. The van der Waals surface area contributed by atoms with Gasteiger partial charge in [0.25, 0.3) is 0 Å². The first-order chi connectivity index (χ1) is 9.19. The molecular formula is C12H19F3N2O3. The zero-order valence-corrected chi connectivity index (χ0v) is 11.2. The van der Waals surface area contributed by atoms with Crippen molar-refractivity contribution in [2.75, 3.05) is 6.54 Å². The zero-order valence-electron chi connectivity index (χ0n) is 11.2. The Labute approximate surface area is 115 Å². The highest BCUT2D eigenvalue weighted by atomic mass is 19.4. The second-order valence-corrected chi connectivity index (χ2v) is 5.11. The molecule has 116 valence electrons. The fourth-order valence-electron chi connectivity index (χ4n) is 2.37. The molecule has 1 aliphatic heterocycles. The number of nitrogens with one attached hydrogen (secondary N) is 1. The third-order valence-corrected chi connectivity index (χ3v) is 3.21. The lowest BCUT2D eigenvalue weighted by atomic mass is 10.00. The molecule has 2 unspecified atom stereocenters. The highest BCUT2D eigenvalue weighted by Gasteiger charge is 2.33. The molecule has 5 nitrogen and oxygen atoms in total. The lowest BCUT2D eigenvalue weighted by molar-refractivity contribution is -0.138. The topological polar surface area (TPSA) is 69.6 Å². The van der Waals surface area contributed by atoms with Crippen LogP contribution in [0.4, 0.5) is 18.0 Å². The quantitative estimate of drug-likeness (QED) is 0.836. The number of aliphatic carboxylic acids is 1. The number of carbonyl (C=O) groups is 2. The first kappa shape index (κ1) is 16.6. The molecule has 0 aromatic rings. The summed E-state index contributed by atoms with van der Waals surface area (Å²) >= 11 is 0. The predicted molar refractivity (Wildman–Crippen MR) is 65.3 cm³/mol. The monoisotopic (exact) mass is 296 g/mol. The summed E-state index contributed by atoms with van der Waals surface area (Å²) < 4.78 is 36.6. The maximum Gasteiger partial charge on any atom is 0.391 e. The molecule has 0 aliphatic carbocycles. The summed E-state index contributed by atoms with van der Waals surface area (Å²) in [5.41, 5.74) is 0. The van der Waals surface area contributed by atoms with E-state index in [4.69, 9.17) is 5.11 Å². The molecule has 2 N–H and O–H groups in total. The number of alkyl halides is 3. The fraction of sp³-hybridized carbons (Fsp3) is 0.833. The van der Waals surface area contributed by atoms with Crippen molar-refractivity contribution in [3.63, 3.8) is 0 Å². The van der Waals surface area contributed by atoms with E-state index in [0.717, 1.165) is 12.8 Å². The van der Waals surface area contributed by atoms with Crippen molar-refractivity contribution in [1.29, 1.82) is 0 Å². The third kappa shape index (κ3) is 5.66. The fourth-order valence-corrected chi connectivity index (χ4v) is 2.37. The number of amides is 2. The van der Waals surface area contributed by atoms with Crippen LogP contribution in [-0.4, -0.2) is 46.8 Å². The van der Waals surface area contributed by atoms with Crippen molar-refractivity contribution in [1.82, 2.24) is 10.2 Å². The van der Waals surface area contributed by atoms with E-state index in [9.17, 15) is 22.8 Å². The number of hydrogen-bond donors (Lipinski definition) is 2. The Kier molecular flexibility index (Phi) is 5.64. The predicted octanol–water partition coefficient (Wildman–Crippen LogP) is 2.37. The molecule has 1 fully saturated rings. The van der Waals surface area contributed by atoms with Crippen molar-refractivity contribution in [3.05, 3.63) is 0 Å². The van der Waals surface area contributed by atoms with Crippen LogP contribution in [0.3, 0.4) is 0 Å². The third-order valence-electron chi connectivity index (χ3n) is 3.21. The number of urea groups is 1. The van der Waals surface area contributed by atoms with Gasteiger partial charge in [0, 0.05) is 18.6 Å². The average molecular weight is 296 g/mol. The number of carboxylic acids is 1. The van der Waals surface area contributed by atoms with Crippen LogP contribution < -0.4 is 5.32 Å². The van der Waals surface area contributed by atoms with Gasteiger partial charge in [0.15, 0.2) is 0 Å². The van der Waals surface area contributed by atoms with Gasteiger partial charge in [0.2, 0.25) is 0 Å². The number of rotatable bonds is 4. The standard InChI is InChI=1S/C12H19F3N2O3/c1-8(7-12(13,14)15)16-11(20)17-5-3-2-4-9(17)6-10(18)19/h8-9H,2-7H2,1H3,(H,16,20)(H,18,19). The van der Waals surface area contributed by atoms with Crippen LogP contribution in [0, 0.1) is 0 Å². The molecule has 0 radical (unpaired) electrons. The maximum atomic E-state index is 12.2. The van der Waals surface area contributed by atoms with Gasteiger partial charge < -0.3 is 15.3 Å². The number of nitrogens with zero attached hydrogens (tertiary/aromatic N) is 1. The first-order valence-corrected chi connectivity index (χ1v) is 6.54. The maximum absolute atomic E-state index is 12.2. The number of carbonyl (C=O) groups excluding carboxylic acids is 1. The molecule has 2 amide bonds. The smallest absolute Gasteiger partial charge is 0.391 e. The second-order valence-electron chi connectivity index (χ2n) is 5.11. The number of likely N-dealkylation sites (tertiary alicyclic amines) is 1. The van der Waals surface area contributed by atoms with Gasteiger partial charge in [-0.3, -0.25) is 4.79 Å². The van der Waals surface area contributed by atoms with Crippen molar-refractivity contribution >= 4 is 12.0 Å². The largest absolute Gasteiger partial charge is 0.481 e. The van der Waals surface area contributed by atoms with Crippen LogP contribution >= 0.6 is 0 Å². The van der Waals surface area contributed by atoms with Gasteiger partial charge in [0.05, 0.1) is 12.8 Å². The molecule has 0 bridgehead atoms. The Morgan fingerprint density at radius 1 is 1.40 bits per heavy atom. The molecule has 1 saturated heterocycles. The van der Waals surface area contributed by atoms with Crippen LogP contribution in [-0.2, 0) is 4.79 Å². The first-order valence-electron chi connectivity index (χ1n) is 6.54. The van der Waals surface area contributed by atoms with E-state index < -0.39 is 36.7 Å². The summed E-state index contributed by atoms with van der Waals surface area (Å²) in [5, 5.41) is 11.1. The van der Waals surface area contributed by atoms with Gasteiger partial charge in [-0.05, 0) is 26.2 Å². The Balaban J connectivity index is 2.57. The number of halogens is 3. The Bertz CT molecular complexity index is 360. The molecule has 0 aromatic heterocycles. The molecule has 1 heterocycles. The van der Waals surface area contributed by atoms with Gasteiger partial charge in [-0.1, -0.05) is 0 Å². The molecular weight excluding hydrogens is 277 g/mol. The number of carboxylic acid groups (broad SMARTS) is 1. The van der Waals surface area contributed by atoms with Gasteiger partial charge in [-0.15, -0.1) is 0 Å². The molecule has 2 atom stereocenters. The van der Waals surface area contributed by atoms with Crippen molar-refractivity contribution in [2.24, 2.45) is 0 Å². The van der Waals surface area contributed by atoms with E-state index in [2.05, 4.69) is 5.32 Å². The minimum Gasteiger partial charge on any atom is -0.481 e. The van der Waals surface area contributed by atoms with Gasteiger partial charge in [-0.25, -0.2) is 4.79 Å². The van der Waals surface area contributed by atoms with Crippen LogP contribution in [0.5, 0.6) is 0 Å². The van der Waals surface area contributed by atoms with Crippen LogP contribution in [0.25, 0.3) is 0 Å². The summed E-state index contributed by atoms with van der Waals surface area (Å²) in [5.74, 6) is -1.02. The highest BCUT2D eigenvalue weighted by molar-refractivity contribution is 5.76. The summed E-state index contributed by atoms with van der Waals surface area (Å²) in [4.78, 5) is 24.0. The van der Waals surface area contributed by atoms with Crippen molar-refractivity contribution < 1.29 is 27.9 Å². The summed E-state index contributed by atoms with van der Waals surface area (Å²) in [7, 11) is 0. The van der Waals surface area contributed by atoms with Crippen LogP contribution in [0.2, 0.25) is 0 Å². The summed E-state index contributed by atoms with van der Waals surface area (Å²) in [6.45, 7) is 1.66. The summed E-state index contributed by atoms with van der Waals surface area (Å²) in [6, 6.07) is -2.10. The molecule has 1 rings (SSSR count).